The average molecular weight is 455 g/mol. The molecule has 1 heterocycles. The van der Waals surface area contributed by atoms with Crippen LogP contribution in [0.15, 0.2) is 11.6 Å². The Kier molecular flexibility index (Phi) is 5.53. The normalized spacial score (nSPS) is 40.4. The zero-order valence-corrected chi connectivity index (χ0v) is 19.9. The largest absolute Gasteiger partial charge is 0.393 e. The van der Waals surface area contributed by atoms with Crippen LogP contribution < -0.4 is 10.6 Å². The van der Waals surface area contributed by atoms with Crippen LogP contribution in [-0.2, 0) is 9.59 Å². The predicted octanol–water partition coefficient (Wildman–Crippen LogP) is 5.14. The van der Waals surface area contributed by atoms with Gasteiger partial charge in [0.2, 0.25) is 0 Å². The molecule has 0 bridgehead atoms. The number of hydrogen-bond donors (Lipinski definition) is 2. The second-order valence-corrected chi connectivity index (χ2v) is 11.9. The Morgan fingerprint density at radius 1 is 1.12 bits per heavy atom. The van der Waals surface area contributed by atoms with Crippen LogP contribution in [0.2, 0.25) is 0 Å². The number of carbonyl (C=O) groups is 2. The Labute approximate surface area is 189 Å². The molecule has 4 rings (SSSR count). The summed E-state index contributed by atoms with van der Waals surface area (Å²) in [7, 11) is 0. The molecule has 180 valence electrons. The summed E-state index contributed by atoms with van der Waals surface area (Å²) in [5.41, 5.74) is -1.51. The highest BCUT2D eigenvalue weighted by Gasteiger charge is 2.58. The molecule has 0 aromatic heterocycles. The third-order valence-corrected chi connectivity index (χ3v) is 9.82. The van der Waals surface area contributed by atoms with Crippen LogP contribution in [0.25, 0.3) is 0 Å². The van der Waals surface area contributed by atoms with Crippen LogP contribution in [0.4, 0.5) is 13.2 Å². The molecule has 2 amide bonds. The van der Waals surface area contributed by atoms with Crippen molar-refractivity contribution in [2.75, 3.05) is 0 Å². The van der Waals surface area contributed by atoms with Crippen molar-refractivity contribution >= 4 is 11.8 Å². The van der Waals surface area contributed by atoms with Crippen molar-refractivity contribution in [2.24, 2.45) is 34.5 Å². The van der Waals surface area contributed by atoms with Gasteiger partial charge in [-0.05, 0) is 75.5 Å². The standard InChI is InChI=1S/C25H37F3N2O2/c1-14(25(26,27)28)22(2,3)30-21(32)16-13-24(5)18-10-12-23(4)11-6-7-17(23)15(18)8-9-19(24)29-20(16)31/h13-15,17-19H,6-12H2,1-5H3,(H,29,31)(H,30,32)/t14?,15-,17-,18+,19?,23-,24+/m0/s1. The molecule has 3 saturated carbocycles. The van der Waals surface area contributed by atoms with Gasteiger partial charge in [0, 0.05) is 17.0 Å². The van der Waals surface area contributed by atoms with Crippen LogP contribution in [0, 0.1) is 34.5 Å². The van der Waals surface area contributed by atoms with Gasteiger partial charge < -0.3 is 10.6 Å². The minimum atomic E-state index is -4.44. The van der Waals surface area contributed by atoms with Gasteiger partial charge in [-0.1, -0.05) is 33.3 Å². The van der Waals surface area contributed by atoms with E-state index >= 15 is 0 Å². The van der Waals surface area contributed by atoms with Crippen LogP contribution in [0.1, 0.15) is 79.6 Å². The number of alkyl halides is 3. The van der Waals surface area contributed by atoms with Gasteiger partial charge in [-0.3, -0.25) is 9.59 Å². The van der Waals surface area contributed by atoms with Crippen molar-refractivity contribution < 1.29 is 22.8 Å². The fourth-order valence-corrected chi connectivity index (χ4v) is 7.48. The Bertz CT molecular complexity index is 836. The van der Waals surface area contributed by atoms with Crippen LogP contribution in [0.5, 0.6) is 0 Å². The molecule has 2 unspecified atom stereocenters. The van der Waals surface area contributed by atoms with Crippen LogP contribution in [-0.4, -0.2) is 29.6 Å². The fourth-order valence-electron chi connectivity index (χ4n) is 7.48. The second kappa shape index (κ2) is 7.49. The summed E-state index contributed by atoms with van der Waals surface area (Å²) in [6, 6.07) is -0.0272. The summed E-state index contributed by atoms with van der Waals surface area (Å²) >= 11 is 0. The Hall–Kier alpha value is -1.53. The summed E-state index contributed by atoms with van der Waals surface area (Å²) in [6.07, 6.45) is 5.41. The third kappa shape index (κ3) is 3.67. The van der Waals surface area contributed by atoms with Crippen molar-refractivity contribution in [2.45, 2.75) is 97.3 Å². The van der Waals surface area contributed by atoms with E-state index in [9.17, 15) is 22.8 Å². The fraction of sp³-hybridized carbons (Fsp3) is 0.840. The van der Waals surface area contributed by atoms with E-state index in [4.69, 9.17) is 0 Å². The monoisotopic (exact) mass is 454 g/mol. The van der Waals surface area contributed by atoms with Crippen molar-refractivity contribution in [3.63, 3.8) is 0 Å². The lowest BCUT2D eigenvalue weighted by Crippen LogP contribution is -2.61. The summed E-state index contributed by atoms with van der Waals surface area (Å²) < 4.78 is 39.8. The first-order valence-electron chi connectivity index (χ1n) is 12.1. The molecule has 7 heteroatoms. The van der Waals surface area contributed by atoms with E-state index in [1.165, 1.54) is 39.5 Å². The third-order valence-electron chi connectivity index (χ3n) is 9.82. The highest BCUT2D eigenvalue weighted by Crippen LogP contribution is 2.63. The quantitative estimate of drug-likeness (QED) is 0.581. The van der Waals surface area contributed by atoms with E-state index in [1.54, 1.807) is 0 Å². The highest BCUT2D eigenvalue weighted by atomic mass is 19.4. The lowest BCUT2D eigenvalue weighted by molar-refractivity contribution is -0.187. The van der Waals surface area contributed by atoms with Gasteiger partial charge in [0.25, 0.3) is 11.8 Å². The summed E-state index contributed by atoms with van der Waals surface area (Å²) in [4.78, 5) is 25.9. The van der Waals surface area contributed by atoms with Gasteiger partial charge >= 0.3 is 6.18 Å². The number of amides is 2. The van der Waals surface area contributed by atoms with E-state index in [0.29, 0.717) is 23.2 Å². The lowest BCUT2D eigenvalue weighted by Gasteiger charge is -2.58. The first-order valence-corrected chi connectivity index (χ1v) is 12.1. The summed E-state index contributed by atoms with van der Waals surface area (Å²) in [6.45, 7) is 8.33. The molecule has 2 N–H and O–H groups in total. The van der Waals surface area contributed by atoms with E-state index in [1.807, 2.05) is 6.08 Å². The second-order valence-electron chi connectivity index (χ2n) is 11.9. The molecule has 0 radical (unpaired) electrons. The molecule has 1 aliphatic heterocycles. The molecule has 7 atom stereocenters. The molecular weight excluding hydrogens is 417 g/mol. The first kappa shape index (κ1) is 23.6. The van der Waals surface area contributed by atoms with Gasteiger partial charge in [-0.2, -0.15) is 13.2 Å². The van der Waals surface area contributed by atoms with Crippen LogP contribution in [0.3, 0.4) is 0 Å². The number of halogens is 3. The zero-order valence-electron chi connectivity index (χ0n) is 19.9. The van der Waals surface area contributed by atoms with Crippen LogP contribution >= 0.6 is 0 Å². The number of fused-ring (bicyclic) bond motifs is 5. The Balaban J connectivity index is 1.61. The maximum atomic E-state index is 13.3. The van der Waals surface area contributed by atoms with Gasteiger partial charge in [0.15, 0.2) is 0 Å². The minimum Gasteiger partial charge on any atom is -0.348 e. The van der Waals surface area contributed by atoms with Gasteiger partial charge in [-0.15, -0.1) is 0 Å². The topological polar surface area (TPSA) is 58.2 Å². The highest BCUT2D eigenvalue weighted by molar-refractivity contribution is 6.19. The van der Waals surface area contributed by atoms with Gasteiger partial charge in [-0.25, -0.2) is 0 Å². The molecule has 4 aliphatic rings. The van der Waals surface area contributed by atoms with Gasteiger partial charge in [0.05, 0.1) is 5.92 Å². The summed E-state index contributed by atoms with van der Waals surface area (Å²) in [5, 5.41) is 5.55. The lowest BCUT2D eigenvalue weighted by atomic mass is 9.48. The van der Waals surface area contributed by atoms with Gasteiger partial charge in [0.1, 0.15) is 5.57 Å². The van der Waals surface area contributed by atoms with Crippen molar-refractivity contribution in [3.05, 3.63) is 11.6 Å². The number of nitrogens with one attached hydrogen (secondary N) is 2. The molecule has 0 aromatic carbocycles. The van der Waals surface area contributed by atoms with Crippen molar-refractivity contribution in [1.82, 2.24) is 10.6 Å². The van der Waals surface area contributed by atoms with Crippen molar-refractivity contribution in [1.29, 1.82) is 0 Å². The van der Waals surface area contributed by atoms with E-state index in [2.05, 4.69) is 24.5 Å². The minimum absolute atomic E-state index is 0.0272. The Morgan fingerprint density at radius 3 is 2.47 bits per heavy atom. The smallest absolute Gasteiger partial charge is 0.348 e. The SMILES string of the molecule is CC(C(F)(F)F)C(C)(C)NC(=O)C1=C[C@@]2(C)C(CC[C@@H]3[C@H]2CC[C@]2(C)CCC[C@@H]32)NC1=O. The number of rotatable bonds is 3. The molecule has 0 spiro atoms. The molecule has 0 aromatic rings. The summed E-state index contributed by atoms with van der Waals surface area (Å²) in [5.74, 6) is -1.29. The molecule has 32 heavy (non-hydrogen) atoms. The Morgan fingerprint density at radius 2 is 1.81 bits per heavy atom. The van der Waals surface area contributed by atoms with E-state index < -0.39 is 29.4 Å². The van der Waals surface area contributed by atoms with Crippen molar-refractivity contribution in [3.8, 4) is 0 Å². The maximum absolute atomic E-state index is 13.3. The van der Waals surface area contributed by atoms with E-state index in [0.717, 1.165) is 26.2 Å². The molecule has 3 fully saturated rings. The number of carbonyl (C=O) groups excluding carboxylic acids is 2. The predicted molar refractivity (Wildman–Crippen MR) is 116 cm³/mol. The molecular formula is C25H37F3N2O2. The first-order chi connectivity index (χ1) is 14.7. The molecule has 3 aliphatic carbocycles. The maximum Gasteiger partial charge on any atom is 0.393 e. The molecule has 0 saturated heterocycles. The zero-order chi connectivity index (χ0) is 23.7. The molecule has 4 nitrogen and oxygen atoms in total. The average Bonchev–Trinajstić information content (AvgIpc) is 3.08. The van der Waals surface area contributed by atoms with E-state index in [-0.39, 0.29) is 17.0 Å². The number of hydrogen-bond acceptors (Lipinski definition) is 2.